The molecular formula is C25H19N5O2. The molecule has 0 spiro atoms. The largest absolute Gasteiger partial charge is 0.397 e. The number of benzene rings is 3. The Hall–Kier alpha value is -4.70. The molecule has 0 saturated heterocycles. The van der Waals surface area contributed by atoms with Gasteiger partial charge in [0.2, 0.25) is 5.91 Å². The number of nitrogens with one attached hydrogen (secondary N) is 1. The lowest BCUT2D eigenvalue weighted by molar-refractivity contribution is -0.115. The third-order valence-electron chi connectivity index (χ3n) is 4.97. The first-order chi connectivity index (χ1) is 15.5. The Bertz CT molecular complexity index is 1320. The van der Waals surface area contributed by atoms with Gasteiger partial charge < -0.3 is 15.6 Å². The van der Waals surface area contributed by atoms with E-state index < -0.39 is 5.91 Å². The minimum atomic E-state index is -0.452. The quantitative estimate of drug-likeness (QED) is 0.275. The first-order valence-electron chi connectivity index (χ1n) is 9.85. The van der Waals surface area contributed by atoms with Crippen LogP contribution in [0.25, 0.3) is 16.8 Å². The number of nitrogen functional groups attached to an aromatic ring is 1. The van der Waals surface area contributed by atoms with Crippen molar-refractivity contribution in [3.05, 3.63) is 96.6 Å². The number of aromatic nitrogens is 2. The van der Waals surface area contributed by atoms with Gasteiger partial charge in [-0.25, -0.2) is 4.98 Å². The van der Waals surface area contributed by atoms with Gasteiger partial charge >= 0.3 is 0 Å². The van der Waals surface area contributed by atoms with Crippen LogP contribution in [0.15, 0.2) is 85.5 Å². The Morgan fingerprint density at radius 1 is 1.03 bits per heavy atom. The number of nitrogens with zero attached hydrogens (tertiary/aromatic N) is 3. The van der Waals surface area contributed by atoms with Crippen LogP contribution in [-0.4, -0.2) is 21.2 Å². The fourth-order valence-electron chi connectivity index (χ4n) is 3.28. The van der Waals surface area contributed by atoms with Crippen molar-refractivity contribution in [2.24, 2.45) is 0 Å². The van der Waals surface area contributed by atoms with Crippen LogP contribution in [0, 0.1) is 11.3 Å². The van der Waals surface area contributed by atoms with Gasteiger partial charge in [0, 0.05) is 23.6 Å². The summed E-state index contributed by atoms with van der Waals surface area (Å²) in [6.07, 6.45) is 4.76. The van der Waals surface area contributed by atoms with Crippen LogP contribution >= 0.6 is 0 Å². The monoisotopic (exact) mass is 421 g/mol. The highest BCUT2D eigenvalue weighted by Crippen LogP contribution is 2.28. The fourth-order valence-corrected chi connectivity index (χ4v) is 3.28. The molecule has 0 radical (unpaired) electrons. The van der Waals surface area contributed by atoms with Crippen molar-refractivity contribution in [2.75, 3.05) is 11.1 Å². The number of hydrogen-bond acceptors (Lipinski definition) is 5. The summed E-state index contributed by atoms with van der Waals surface area (Å²) >= 11 is 0. The molecule has 3 aromatic carbocycles. The highest BCUT2D eigenvalue weighted by Gasteiger charge is 2.14. The van der Waals surface area contributed by atoms with Gasteiger partial charge in [-0.05, 0) is 47.5 Å². The molecule has 0 unspecified atom stereocenters. The second-order valence-corrected chi connectivity index (χ2v) is 7.16. The topological polar surface area (TPSA) is 114 Å². The van der Waals surface area contributed by atoms with Crippen molar-refractivity contribution in [1.29, 1.82) is 5.26 Å². The van der Waals surface area contributed by atoms with Gasteiger partial charge in [-0.2, -0.15) is 5.26 Å². The number of nitrogens with two attached hydrogens (primary N) is 1. The maximum Gasteiger partial charge on any atom is 0.232 e. The second-order valence-electron chi connectivity index (χ2n) is 7.16. The lowest BCUT2D eigenvalue weighted by Gasteiger charge is -2.11. The number of nitriles is 1. The number of imidazole rings is 1. The van der Waals surface area contributed by atoms with E-state index in [9.17, 15) is 9.59 Å². The van der Waals surface area contributed by atoms with Crippen molar-refractivity contribution in [3.8, 4) is 22.9 Å². The van der Waals surface area contributed by atoms with Crippen LogP contribution in [-0.2, 0) is 4.79 Å². The average molecular weight is 421 g/mol. The van der Waals surface area contributed by atoms with Gasteiger partial charge in [0.15, 0.2) is 5.78 Å². The maximum atomic E-state index is 12.7. The van der Waals surface area contributed by atoms with Crippen molar-refractivity contribution in [2.45, 2.75) is 6.42 Å². The zero-order valence-electron chi connectivity index (χ0n) is 17.0. The number of anilines is 2. The molecule has 1 heterocycles. The fraction of sp³-hybridized carbons (Fsp3) is 0.0400. The lowest BCUT2D eigenvalue weighted by Crippen LogP contribution is -2.17. The summed E-state index contributed by atoms with van der Waals surface area (Å²) in [5, 5.41) is 11.7. The smallest absolute Gasteiger partial charge is 0.232 e. The van der Waals surface area contributed by atoms with E-state index in [1.54, 1.807) is 65.8 Å². The maximum absolute atomic E-state index is 12.7. The zero-order chi connectivity index (χ0) is 22.5. The van der Waals surface area contributed by atoms with Crippen molar-refractivity contribution in [1.82, 2.24) is 9.55 Å². The molecule has 1 aromatic heterocycles. The van der Waals surface area contributed by atoms with Gasteiger partial charge in [-0.3, -0.25) is 9.59 Å². The first kappa shape index (κ1) is 20.6. The van der Waals surface area contributed by atoms with Gasteiger partial charge in [-0.15, -0.1) is 0 Å². The summed E-state index contributed by atoms with van der Waals surface area (Å²) in [4.78, 5) is 29.2. The second kappa shape index (κ2) is 8.98. The number of rotatable bonds is 6. The SMILES string of the molecule is N#Cc1ccc(-c2ccc(N)c(NC(=O)CC(=O)c3cccc(-n4ccnc4)c3)c2)cc1. The number of hydrogen-bond donors (Lipinski definition) is 2. The van der Waals surface area contributed by atoms with E-state index in [-0.39, 0.29) is 12.2 Å². The molecule has 4 aromatic rings. The molecule has 4 rings (SSSR count). The highest BCUT2D eigenvalue weighted by molar-refractivity contribution is 6.11. The molecule has 0 atom stereocenters. The summed E-state index contributed by atoms with van der Waals surface area (Å²) in [5.74, 6) is -0.752. The Labute approximate surface area is 184 Å². The molecule has 0 aliphatic heterocycles. The van der Waals surface area contributed by atoms with Crippen LogP contribution < -0.4 is 11.1 Å². The molecule has 0 fully saturated rings. The third-order valence-corrected chi connectivity index (χ3v) is 4.97. The molecule has 0 aliphatic rings. The minimum absolute atomic E-state index is 0.300. The highest BCUT2D eigenvalue weighted by atomic mass is 16.2. The van der Waals surface area contributed by atoms with Gasteiger partial charge in [0.25, 0.3) is 0 Å². The van der Waals surface area contributed by atoms with E-state index in [0.717, 1.165) is 16.8 Å². The zero-order valence-corrected chi connectivity index (χ0v) is 17.0. The molecule has 0 bridgehead atoms. The predicted octanol–water partition coefficient (Wildman–Crippen LogP) is 4.20. The van der Waals surface area contributed by atoms with E-state index >= 15 is 0 Å². The summed E-state index contributed by atoms with van der Waals surface area (Å²) in [6.45, 7) is 0. The van der Waals surface area contributed by atoms with E-state index in [0.29, 0.717) is 22.5 Å². The molecule has 7 nitrogen and oxygen atoms in total. The number of Topliss-reactive ketones (excluding diaryl/α,β-unsaturated/α-hetero) is 1. The standard InChI is InChI=1S/C25H19N5O2/c26-15-17-4-6-18(7-5-17)19-8-9-22(27)23(13-19)29-25(32)14-24(31)20-2-1-3-21(12-20)30-11-10-28-16-30/h1-13,16H,14,27H2,(H,29,32). The number of ketones is 1. The number of amides is 1. The molecule has 0 aliphatic carbocycles. The van der Waals surface area contributed by atoms with Crippen molar-refractivity contribution >= 4 is 23.1 Å². The number of carbonyl (C=O) groups excluding carboxylic acids is 2. The van der Waals surface area contributed by atoms with Crippen LogP contribution in [0.5, 0.6) is 0 Å². The molecular weight excluding hydrogens is 402 g/mol. The average Bonchev–Trinajstić information content (AvgIpc) is 3.36. The summed E-state index contributed by atoms with van der Waals surface area (Å²) < 4.78 is 1.78. The van der Waals surface area contributed by atoms with E-state index in [1.165, 1.54) is 0 Å². The summed E-state index contributed by atoms with van der Waals surface area (Å²) in [7, 11) is 0. The van der Waals surface area contributed by atoms with Crippen LogP contribution in [0.3, 0.4) is 0 Å². The Morgan fingerprint density at radius 3 is 2.53 bits per heavy atom. The molecule has 3 N–H and O–H groups in total. The molecule has 1 amide bonds. The van der Waals surface area contributed by atoms with Gasteiger partial charge in [-0.1, -0.05) is 30.3 Å². The Kier molecular flexibility index (Phi) is 5.77. The summed E-state index contributed by atoms with van der Waals surface area (Å²) in [5.41, 5.74) is 10.3. The van der Waals surface area contributed by atoms with Crippen molar-refractivity contribution < 1.29 is 9.59 Å². The molecule has 32 heavy (non-hydrogen) atoms. The number of carbonyl (C=O) groups is 2. The summed E-state index contributed by atoms with van der Waals surface area (Å²) in [6, 6.07) is 21.5. The molecule has 7 heteroatoms. The van der Waals surface area contributed by atoms with Crippen molar-refractivity contribution in [3.63, 3.8) is 0 Å². The van der Waals surface area contributed by atoms with E-state index in [2.05, 4.69) is 16.4 Å². The Balaban J connectivity index is 1.47. The van der Waals surface area contributed by atoms with E-state index in [1.807, 2.05) is 24.3 Å². The third kappa shape index (κ3) is 4.55. The normalized spacial score (nSPS) is 10.3. The molecule has 156 valence electrons. The van der Waals surface area contributed by atoms with Crippen LogP contribution in [0.1, 0.15) is 22.3 Å². The predicted molar refractivity (Wildman–Crippen MR) is 122 cm³/mol. The van der Waals surface area contributed by atoms with Gasteiger partial charge in [0.05, 0.1) is 35.8 Å². The lowest BCUT2D eigenvalue weighted by atomic mass is 10.0. The van der Waals surface area contributed by atoms with Gasteiger partial charge in [0.1, 0.15) is 0 Å². The molecule has 0 saturated carbocycles. The van der Waals surface area contributed by atoms with Crippen LogP contribution in [0.4, 0.5) is 11.4 Å². The van der Waals surface area contributed by atoms with Crippen LogP contribution in [0.2, 0.25) is 0 Å². The Morgan fingerprint density at radius 2 is 1.81 bits per heavy atom. The first-order valence-corrected chi connectivity index (χ1v) is 9.85. The van der Waals surface area contributed by atoms with E-state index in [4.69, 9.17) is 11.0 Å². The minimum Gasteiger partial charge on any atom is -0.397 e.